The Morgan fingerprint density at radius 3 is 2.56 bits per heavy atom. The molecule has 136 valence electrons. The van der Waals surface area contributed by atoms with Crippen molar-refractivity contribution in [2.45, 2.75) is 46.1 Å². The Morgan fingerprint density at radius 1 is 1.36 bits per heavy atom. The Hall–Kier alpha value is -2.28. The van der Waals surface area contributed by atoms with Crippen molar-refractivity contribution in [1.82, 2.24) is 20.1 Å². The van der Waals surface area contributed by atoms with Crippen LogP contribution in [0.2, 0.25) is 0 Å². The molecule has 0 saturated heterocycles. The van der Waals surface area contributed by atoms with E-state index in [2.05, 4.69) is 15.4 Å². The molecule has 7 heteroatoms. The van der Waals surface area contributed by atoms with Gasteiger partial charge in [-0.2, -0.15) is 0 Å². The molecule has 1 aromatic carbocycles. The van der Waals surface area contributed by atoms with Crippen LogP contribution in [0.25, 0.3) is 5.69 Å². The largest absolute Gasteiger partial charge is 0.343 e. The summed E-state index contributed by atoms with van der Waals surface area (Å²) in [5.74, 6) is 0.0468. The molecule has 2 aromatic rings. The Morgan fingerprint density at radius 2 is 2.04 bits per heavy atom. The average molecular weight is 347 g/mol. The molecule has 1 atom stereocenters. The highest BCUT2D eigenvalue weighted by atomic mass is 19.1. The number of benzene rings is 1. The second-order valence-electron chi connectivity index (χ2n) is 7.07. The van der Waals surface area contributed by atoms with Crippen LogP contribution in [0.15, 0.2) is 24.3 Å². The number of rotatable bonds is 6. The minimum atomic E-state index is -0.556. The van der Waals surface area contributed by atoms with Gasteiger partial charge >= 0.3 is 0 Å². The summed E-state index contributed by atoms with van der Waals surface area (Å²) in [6.07, 6.45) is 0. The zero-order valence-electron chi connectivity index (χ0n) is 15.4. The summed E-state index contributed by atoms with van der Waals surface area (Å²) in [4.78, 5) is 17.0. The third kappa shape index (κ3) is 4.04. The van der Waals surface area contributed by atoms with Crippen LogP contribution in [-0.4, -0.2) is 32.8 Å². The molecule has 0 aliphatic rings. The number of hydrogen-bond donors (Lipinski definition) is 2. The smallest absolute Gasteiger partial charge is 0.291 e. The van der Waals surface area contributed by atoms with Crippen LogP contribution in [0.3, 0.4) is 0 Å². The SMILES string of the molecule is CC(C)c1nc(C(=O)NC(C)(CN)C(C)C)nn1-c1cccc(F)c1. The van der Waals surface area contributed by atoms with Gasteiger partial charge in [0.05, 0.1) is 11.2 Å². The van der Waals surface area contributed by atoms with Gasteiger partial charge < -0.3 is 11.1 Å². The second-order valence-corrected chi connectivity index (χ2v) is 7.07. The van der Waals surface area contributed by atoms with Gasteiger partial charge in [-0.3, -0.25) is 4.79 Å². The van der Waals surface area contributed by atoms with Crippen molar-refractivity contribution in [3.05, 3.63) is 41.7 Å². The van der Waals surface area contributed by atoms with E-state index in [9.17, 15) is 9.18 Å². The summed E-state index contributed by atoms with van der Waals surface area (Å²) in [7, 11) is 0. The minimum absolute atomic E-state index is 0.0170. The quantitative estimate of drug-likeness (QED) is 0.841. The molecule has 0 spiro atoms. The lowest BCUT2D eigenvalue weighted by Gasteiger charge is -2.33. The van der Waals surface area contributed by atoms with Crippen molar-refractivity contribution in [2.24, 2.45) is 11.7 Å². The first kappa shape index (κ1) is 19.1. The molecule has 1 aromatic heterocycles. The van der Waals surface area contributed by atoms with E-state index in [1.807, 2.05) is 34.6 Å². The zero-order valence-corrected chi connectivity index (χ0v) is 15.4. The number of amides is 1. The molecule has 1 unspecified atom stereocenters. The van der Waals surface area contributed by atoms with Gasteiger partial charge in [0.15, 0.2) is 0 Å². The number of aromatic nitrogens is 3. The molecule has 0 saturated carbocycles. The van der Waals surface area contributed by atoms with E-state index in [1.54, 1.807) is 12.1 Å². The molecule has 0 radical (unpaired) electrons. The van der Waals surface area contributed by atoms with E-state index in [-0.39, 0.29) is 23.5 Å². The zero-order chi connectivity index (χ0) is 18.8. The second kappa shape index (κ2) is 7.31. The lowest BCUT2D eigenvalue weighted by Crippen LogP contribution is -2.55. The highest BCUT2D eigenvalue weighted by Crippen LogP contribution is 2.19. The highest BCUT2D eigenvalue weighted by molar-refractivity contribution is 5.91. The van der Waals surface area contributed by atoms with Crippen LogP contribution in [0.4, 0.5) is 4.39 Å². The number of hydrogen-bond acceptors (Lipinski definition) is 4. The van der Waals surface area contributed by atoms with Crippen molar-refractivity contribution >= 4 is 5.91 Å². The van der Waals surface area contributed by atoms with E-state index >= 15 is 0 Å². The van der Waals surface area contributed by atoms with Gasteiger partial charge in [0.2, 0.25) is 5.82 Å². The van der Waals surface area contributed by atoms with Gasteiger partial charge in [-0.05, 0) is 31.0 Å². The molecule has 2 rings (SSSR count). The van der Waals surface area contributed by atoms with E-state index in [0.29, 0.717) is 18.1 Å². The first-order valence-electron chi connectivity index (χ1n) is 8.43. The number of nitrogens with two attached hydrogens (primary N) is 1. The molecule has 0 aliphatic carbocycles. The van der Waals surface area contributed by atoms with Crippen LogP contribution >= 0.6 is 0 Å². The van der Waals surface area contributed by atoms with Crippen LogP contribution < -0.4 is 11.1 Å². The first-order valence-corrected chi connectivity index (χ1v) is 8.43. The predicted octanol–water partition coefficient (Wildman–Crippen LogP) is 2.63. The lowest BCUT2D eigenvalue weighted by molar-refractivity contribution is 0.0872. The molecule has 25 heavy (non-hydrogen) atoms. The summed E-state index contributed by atoms with van der Waals surface area (Å²) in [6.45, 7) is 10.1. The Kier molecular flexibility index (Phi) is 5.57. The van der Waals surface area contributed by atoms with Gasteiger partial charge in [-0.25, -0.2) is 14.1 Å². The molecule has 0 aliphatic heterocycles. The van der Waals surface area contributed by atoms with E-state index in [4.69, 9.17) is 5.73 Å². The number of carbonyl (C=O) groups excluding carboxylic acids is 1. The third-order valence-electron chi connectivity index (χ3n) is 4.50. The van der Waals surface area contributed by atoms with Crippen molar-refractivity contribution in [3.63, 3.8) is 0 Å². The molecule has 1 heterocycles. The fraction of sp³-hybridized carbons (Fsp3) is 0.500. The fourth-order valence-electron chi connectivity index (χ4n) is 2.34. The van der Waals surface area contributed by atoms with E-state index in [1.165, 1.54) is 16.8 Å². The number of nitrogens with zero attached hydrogens (tertiary/aromatic N) is 3. The first-order chi connectivity index (χ1) is 11.7. The van der Waals surface area contributed by atoms with Crippen molar-refractivity contribution in [3.8, 4) is 5.69 Å². The third-order valence-corrected chi connectivity index (χ3v) is 4.50. The molecular formula is C18H26FN5O. The van der Waals surface area contributed by atoms with Crippen LogP contribution in [0.5, 0.6) is 0 Å². The Bertz CT molecular complexity index is 756. The molecule has 0 bridgehead atoms. The molecule has 0 fully saturated rings. The van der Waals surface area contributed by atoms with Gasteiger partial charge in [0, 0.05) is 12.5 Å². The maximum atomic E-state index is 13.6. The standard InChI is InChI=1S/C18H26FN5O/c1-11(2)16-21-15(17(25)22-18(5,10-20)12(3)4)23-24(16)14-8-6-7-13(19)9-14/h6-9,11-12H,10,20H2,1-5H3,(H,22,25). The van der Waals surface area contributed by atoms with E-state index < -0.39 is 11.4 Å². The normalized spacial score (nSPS) is 14.0. The lowest BCUT2D eigenvalue weighted by atomic mass is 9.88. The summed E-state index contributed by atoms with van der Waals surface area (Å²) in [5.41, 5.74) is 5.80. The summed E-state index contributed by atoms with van der Waals surface area (Å²) >= 11 is 0. The fourth-order valence-corrected chi connectivity index (χ4v) is 2.34. The Balaban J connectivity index is 2.40. The maximum Gasteiger partial charge on any atom is 0.291 e. The van der Waals surface area contributed by atoms with Crippen LogP contribution in [0, 0.1) is 11.7 Å². The topological polar surface area (TPSA) is 85.8 Å². The molecular weight excluding hydrogens is 321 g/mol. The average Bonchev–Trinajstić information content (AvgIpc) is 3.00. The summed E-state index contributed by atoms with van der Waals surface area (Å²) in [5, 5.41) is 7.23. The minimum Gasteiger partial charge on any atom is -0.343 e. The molecule has 3 N–H and O–H groups in total. The van der Waals surface area contributed by atoms with Crippen LogP contribution in [-0.2, 0) is 0 Å². The summed E-state index contributed by atoms with van der Waals surface area (Å²) < 4.78 is 15.1. The molecule has 1 amide bonds. The highest BCUT2D eigenvalue weighted by Gasteiger charge is 2.31. The van der Waals surface area contributed by atoms with Crippen LogP contribution in [0.1, 0.15) is 57.0 Å². The van der Waals surface area contributed by atoms with Gasteiger partial charge in [0.25, 0.3) is 5.91 Å². The van der Waals surface area contributed by atoms with Crippen molar-refractivity contribution in [2.75, 3.05) is 6.54 Å². The van der Waals surface area contributed by atoms with Gasteiger partial charge in [-0.15, -0.1) is 5.10 Å². The molecule has 6 nitrogen and oxygen atoms in total. The Labute approximate surface area is 147 Å². The predicted molar refractivity (Wildman–Crippen MR) is 95.2 cm³/mol. The number of carbonyl (C=O) groups is 1. The number of halogens is 1. The van der Waals surface area contributed by atoms with Gasteiger partial charge in [0.1, 0.15) is 11.6 Å². The monoisotopic (exact) mass is 347 g/mol. The number of nitrogens with one attached hydrogen (secondary N) is 1. The summed E-state index contributed by atoms with van der Waals surface area (Å²) in [6, 6.07) is 6.04. The maximum absolute atomic E-state index is 13.6. The van der Waals surface area contributed by atoms with Gasteiger partial charge in [-0.1, -0.05) is 33.8 Å². The van der Waals surface area contributed by atoms with E-state index in [0.717, 1.165) is 0 Å². The van der Waals surface area contributed by atoms with Crippen molar-refractivity contribution in [1.29, 1.82) is 0 Å². The van der Waals surface area contributed by atoms with Crippen molar-refractivity contribution < 1.29 is 9.18 Å².